The molecule has 2 aromatic carbocycles. The van der Waals surface area contributed by atoms with Crippen LogP contribution >= 0.6 is 11.6 Å². The molecule has 0 radical (unpaired) electrons. The Labute approximate surface area is 224 Å². The Morgan fingerprint density at radius 2 is 1.87 bits per heavy atom. The lowest BCUT2D eigenvalue weighted by atomic mass is 10.2. The smallest absolute Gasteiger partial charge is 0.335 e. The fourth-order valence-electron chi connectivity index (χ4n) is 4.14. The molecule has 9 nitrogen and oxygen atoms in total. The molecule has 0 N–H and O–H groups in total. The van der Waals surface area contributed by atoms with E-state index in [0.717, 1.165) is 29.4 Å². The molecule has 204 valence electrons. The Bertz CT molecular complexity index is 1440. The standard InChI is InChI=1S/C27H32ClFN4O5/c1-18(2)38-23-12-11-21(16-22(23)29)30-25-31(3)26(34)32(13-15-37-24-6-4-5-14-36-24)27(35)33(25)17-19-7-9-20(28)10-8-19/h7-12,16,18,24H,4-6,13-15,17H2,1-3H3. The second-order valence-corrected chi connectivity index (χ2v) is 9.78. The number of nitrogens with zero attached hydrogens (tertiary/aromatic N) is 4. The van der Waals surface area contributed by atoms with Gasteiger partial charge in [0.25, 0.3) is 0 Å². The van der Waals surface area contributed by atoms with Crippen molar-refractivity contribution in [2.24, 2.45) is 12.0 Å². The van der Waals surface area contributed by atoms with Gasteiger partial charge in [-0.25, -0.2) is 23.5 Å². The van der Waals surface area contributed by atoms with Crippen LogP contribution in [0.15, 0.2) is 57.0 Å². The van der Waals surface area contributed by atoms with Crippen LogP contribution in [-0.4, -0.2) is 39.3 Å². The van der Waals surface area contributed by atoms with Gasteiger partial charge in [-0.1, -0.05) is 23.7 Å². The molecule has 4 rings (SSSR count). The van der Waals surface area contributed by atoms with Crippen molar-refractivity contribution < 1.29 is 18.6 Å². The summed E-state index contributed by atoms with van der Waals surface area (Å²) in [7, 11) is 1.52. The largest absolute Gasteiger partial charge is 0.488 e. The number of ether oxygens (including phenoxy) is 3. The van der Waals surface area contributed by atoms with Gasteiger partial charge in [0.2, 0.25) is 5.62 Å². The molecule has 0 amide bonds. The lowest BCUT2D eigenvalue weighted by Crippen LogP contribution is -2.54. The van der Waals surface area contributed by atoms with Gasteiger partial charge < -0.3 is 14.2 Å². The first-order valence-electron chi connectivity index (χ1n) is 12.6. The SMILES string of the molecule is CC(C)Oc1ccc(N=c2n(C)c(=O)n(CCOC3CCCCO3)c(=O)n2Cc2ccc(Cl)cc2)cc1F. The quantitative estimate of drug-likeness (QED) is 0.408. The first-order chi connectivity index (χ1) is 18.2. The molecule has 1 saturated heterocycles. The minimum atomic E-state index is -0.593. The van der Waals surface area contributed by atoms with Crippen LogP contribution in [0.3, 0.4) is 0 Å². The second-order valence-electron chi connectivity index (χ2n) is 9.35. The van der Waals surface area contributed by atoms with Crippen molar-refractivity contribution >= 4 is 17.3 Å². The Morgan fingerprint density at radius 3 is 2.53 bits per heavy atom. The fraction of sp³-hybridized carbons (Fsp3) is 0.444. The topological polar surface area (TPSA) is 89.0 Å². The van der Waals surface area contributed by atoms with E-state index in [4.69, 9.17) is 25.8 Å². The molecule has 1 aliphatic heterocycles. The van der Waals surface area contributed by atoms with Crippen molar-refractivity contribution in [1.82, 2.24) is 13.7 Å². The van der Waals surface area contributed by atoms with Gasteiger partial charge in [0.05, 0.1) is 31.5 Å². The number of hydrogen-bond acceptors (Lipinski definition) is 6. The zero-order valence-electron chi connectivity index (χ0n) is 21.7. The van der Waals surface area contributed by atoms with Gasteiger partial charge >= 0.3 is 11.4 Å². The maximum absolute atomic E-state index is 14.7. The van der Waals surface area contributed by atoms with Crippen molar-refractivity contribution in [3.8, 4) is 5.75 Å². The zero-order valence-corrected chi connectivity index (χ0v) is 22.5. The maximum Gasteiger partial charge on any atom is 0.335 e. The van der Waals surface area contributed by atoms with E-state index in [1.807, 2.05) is 0 Å². The van der Waals surface area contributed by atoms with Crippen molar-refractivity contribution in [2.45, 2.75) is 58.6 Å². The number of aromatic nitrogens is 3. The Balaban J connectivity index is 1.75. The summed E-state index contributed by atoms with van der Waals surface area (Å²) in [5.41, 5.74) is -0.0467. The first kappa shape index (κ1) is 27.8. The van der Waals surface area contributed by atoms with E-state index in [2.05, 4.69) is 4.99 Å². The van der Waals surface area contributed by atoms with Crippen LogP contribution in [0.2, 0.25) is 5.02 Å². The van der Waals surface area contributed by atoms with Crippen LogP contribution in [0.4, 0.5) is 10.1 Å². The van der Waals surface area contributed by atoms with E-state index in [-0.39, 0.29) is 49.1 Å². The van der Waals surface area contributed by atoms with E-state index in [0.29, 0.717) is 11.6 Å². The highest BCUT2D eigenvalue weighted by molar-refractivity contribution is 6.30. The van der Waals surface area contributed by atoms with Crippen molar-refractivity contribution in [3.05, 3.63) is 85.5 Å². The highest BCUT2D eigenvalue weighted by Crippen LogP contribution is 2.23. The first-order valence-corrected chi connectivity index (χ1v) is 13.0. The minimum Gasteiger partial charge on any atom is -0.488 e. The van der Waals surface area contributed by atoms with Gasteiger partial charge in [0.15, 0.2) is 17.9 Å². The lowest BCUT2D eigenvalue weighted by molar-refractivity contribution is -0.163. The molecule has 2 heterocycles. The average Bonchev–Trinajstić information content (AvgIpc) is 2.90. The molecule has 3 aromatic rings. The highest BCUT2D eigenvalue weighted by atomic mass is 35.5. The molecule has 11 heteroatoms. The fourth-order valence-corrected chi connectivity index (χ4v) is 4.27. The van der Waals surface area contributed by atoms with E-state index in [1.54, 1.807) is 44.2 Å². The van der Waals surface area contributed by atoms with Crippen LogP contribution in [0.5, 0.6) is 5.75 Å². The minimum absolute atomic E-state index is 0.0438. The number of halogens is 2. The summed E-state index contributed by atoms with van der Waals surface area (Å²) >= 11 is 6.03. The van der Waals surface area contributed by atoms with Gasteiger partial charge in [-0.15, -0.1) is 0 Å². The molecular formula is C27H32ClFN4O5. The van der Waals surface area contributed by atoms with E-state index < -0.39 is 17.2 Å². The van der Waals surface area contributed by atoms with Crippen molar-refractivity contribution in [2.75, 3.05) is 13.2 Å². The summed E-state index contributed by atoms with van der Waals surface area (Å²) in [6.45, 7) is 4.54. The number of benzene rings is 2. The van der Waals surface area contributed by atoms with Crippen molar-refractivity contribution in [3.63, 3.8) is 0 Å². The number of rotatable bonds is 9. The summed E-state index contributed by atoms with van der Waals surface area (Å²) in [6, 6.07) is 11.3. The van der Waals surface area contributed by atoms with Gasteiger partial charge in [-0.2, -0.15) is 0 Å². The summed E-state index contributed by atoms with van der Waals surface area (Å²) < 4.78 is 35.2. The second kappa shape index (κ2) is 12.6. The summed E-state index contributed by atoms with van der Waals surface area (Å²) in [5, 5.41) is 0.558. The maximum atomic E-state index is 14.7. The molecule has 1 fully saturated rings. The lowest BCUT2D eigenvalue weighted by Gasteiger charge is -2.23. The average molecular weight is 547 g/mol. The van der Waals surface area contributed by atoms with Crippen LogP contribution in [-0.2, 0) is 29.6 Å². The third-order valence-electron chi connectivity index (χ3n) is 6.04. The Morgan fingerprint density at radius 1 is 1.11 bits per heavy atom. The van der Waals surface area contributed by atoms with Gasteiger partial charge in [0, 0.05) is 24.7 Å². The molecule has 0 saturated carbocycles. The Kier molecular flexibility index (Phi) is 9.19. The zero-order chi connectivity index (χ0) is 27.2. The predicted molar refractivity (Wildman–Crippen MR) is 141 cm³/mol. The molecule has 1 unspecified atom stereocenters. The molecule has 1 aromatic heterocycles. The van der Waals surface area contributed by atoms with Crippen LogP contribution in [0.25, 0.3) is 0 Å². The van der Waals surface area contributed by atoms with Crippen LogP contribution in [0.1, 0.15) is 38.7 Å². The third kappa shape index (κ3) is 6.80. The van der Waals surface area contributed by atoms with Gasteiger partial charge in [-0.3, -0.25) is 9.13 Å². The molecule has 0 bridgehead atoms. The summed E-state index contributed by atoms with van der Waals surface area (Å²) in [6.07, 6.45) is 2.24. The van der Waals surface area contributed by atoms with Crippen molar-refractivity contribution in [1.29, 1.82) is 0 Å². The normalized spacial score (nSPS) is 16.3. The highest BCUT2D eigenvalue weighted by Gasteiger charge is 2.17. The summed E-state index contributed by atoms with van der Waals surface area (Å²) in [5.74, 6) is -0.496. The summed E-state index contributed by atoms with van der Waals surface area (Å²) in [4.78, 5) is 31.3. The Hall–Kier alpha value is -3.21. The van der Waals surface area contributed by atoms with E-state index >= 15 is 0 Å². The number of hydrogen-bond donors (Lipinski definition) is 0. The van der Waals surface area contributed by atoms with Crippen LogP contribution in [0, 0.1) is 5.82 Å². The molecule has 0 aliphatic carbocycles. The van der Waals surface area contributed by atoms with Gasteiger partial charge in [-0.05, 0) is 62.9 Å². The molecule has 38 heavy (non-hydrogen) atoms. The monoisotopic (exact) mass is 546 g/mol. The van der Waals surface area contributed by atoms with Crippen LogP contribution < -0.4 is 21.7 Å². The van der Waals surface area contributed by atoms with E-state index in [1.165, 1.54) is 28.3 Å². The van der Waals surface area contributed by atoms with E-state index in [9.17, 15) is 14.0 Å². The predicted octanol–water partition coefficient (Wildman–Crippen LogP) is 3.75. The third-order valence-corrected chi connectivity index (χ3v) is 6.29. The van der Waals surface area contributed by atoms with Gasteiger partial charge in [0.1, 0.15) is 0 Å². The molecule has 0 spiro atoms. The molecule has 1 atom stereocenters. The molecule has 1 aliphatic rings. The molecular weight excluding hydrogens is 515 g/mol.